The lowest BCUT2D eigenvalue weighted by atomic mass is 10.1. The number of hydrogen-bond acceptors (Lipinski definition) is 4. The van der Waals surface area contributed by atoms with Crippen LogP contribution in [0.1, 0.15) is 15.9 Å². The third kappa shape index (κ3) is 3.32. The minimum absolute atomic E-state index is 0.0569. The zero-order valence-corrected chi connectivity index (χ0v) is 12.7. The Morgan fingerprint density at radius 3 is 2.41 bits per heavy atom. The number of anilines is 2. The van der Waals surface area contributed by atoms with Crippen LogP contribution >= 0.6 is 0 Å². The van der Waals surface area contributed by atoms with Gasteiger partial charge in [-0.15, -0.1) is 0 Å². The van der Waals surface area contributed by atoms with Crippen molar-refractivity contribution < 1.29 is 22.7 Å². The first-order chi connectivity index (χ1) is 10.4. The van der Waals surface area contributed by atoms with Crippen molar-refractivity contribution in [2.75, 3.05) is 11.4 Å². The lowest BCUT2D eigenvalue weighted by Crippen LogP contribution is -2.21. The molecule has 0 aliphatic carbocycles. The number of rotatable bonds is 4. The van der Waals surface area contributed by atoms with Gasteiger partial charge in [0.15, 0.2) is 0 Å². The smallest absolute Gasteiger partial charge is 0.337 e. The highest BCUT2D eigenvalue weighted by Gasteiger charge is 2.18. The van der Waals surface area contributed by atoms with Crippen LogP contribution in [0.25, 0.3) is 0 Å². The molecule has 0 fully saturated rings. The van der Waals surface area contributed by atoms with Gasteiger partial charge >= 0.3 is 5.97 Å². The Kier molecular flexibility index (Phi) is 4.89. The zero-order chi connectivity index (χ0) is 16.3. The fourth-order valence-corrected chi connectivity index (χ4v) is 2.49. The summed E-state index contributed by atoms with van der Waals surface area (Å²) in [6.45, 7) is 1.85. The molecule has 2 aromatic carbocycles. The normalized spacial score (nSPS) is 11.8. The molecule has 0 amide bonds. The van der Waals surface area contributed by atoms with Gasteiger partial charge < -0.3 is 9.29 Å². The van der Waals surface area contributed by atoms with E-state index in [-0.39, 0.29) is 16.9 Å². The monoisotopic (exact) mass is 322 g/mol. The van der Waals surface area contributed by atoms with Gasteiger partial charge in [0, 0.05) is 0 Å². The first-order valence-corrected chi connectivity index (χ1v) is 7.31. The fourth-order valence-electron chi connectivity index (χ4n) is 1.90. The minimum atomic E-state index is -2.75. The molecular weight excluding hydrogens is 309 g/mol. The van der Waals surface area contributed by atoms with Crippen LogP contribution < -0.4 is 4.31 Å². The average molecular weight is 322 g/mol. The number of esters is 1. The first kappa shape index (κ1) is 16.1. The Bertz CT molecular complexity index is 718. The molecule has 2 aromatic rings. The summed E-state index contributed by atoms with van der Waals surface area (Å²) in [7, 11) is 1.19. The van der Waals surface area contributed by atoms with Crippen LogP contribution in [0, 0.1) is 12.7 Å². The van der Waals surface area contributed by atoms with E-state index in [0.29, 0.717) is 0 Å². The van der Waals surface area contributed by atoms with Gasteiger partial charge in [0.1, 0.15) is 5.82 Å². The summed E-state index contributed by atoms with van der Waals surface area (Å²) in [5.41, 5.74) is 1.01. The van der Waals surface area contributed by atoms with E-state index >= 15 is 0 Å². The minimum Gasteiger partial charge on any atom is -0.755 e. The number of carbonyl (C=O) groups is 1. The van der Waals surface area contributed by atoms with Gasteiger partial charge in [0.25, 0.3) is 0 Å². The molecule has 0 aliphatic rings. The highest BCUT2D eigenvalue weighted by atomic mass is 32.2. The highest BCUT2D eigenvalue weighted by Crippen LogP contribution is 2.30. The molecule has 0 aromatic heterocycles. The molecule has 0 radical (unpaired) electrons. The number of benzene rings is 2. The molecule has 0 aliphatic heterocycles. The summed E-state index contributed by atoms with van der Waals surface area (Å²) < 4.78 is 42.4. The van der Waals surface area contributed by atoms with Gasteiger partial charge in [0.2, 0.25) is 0 Å². The number of halogens is 1. The molecule has 7 heteroatoms. The van der Waals surface area contributed by atoms with Gasteiger partial charge in [-0.2, -0.15) is 0 Å². The van der Waals surface area contributed by atoms with Gasteiger partial charge in [-0.25, -0.2) is 9.18 Å². The van der Waals surface area contributed by atoms with Crippen LogP contribution in [-0.2, 0) is 16.0 Å². The Labute approximate surface area is 129 Å². The number of aryl methyl sites for hydroxylation is 1. The Morgan fingerprint density at radius 1 is 1.23 bits per heavy atom. The maximum absolute atomic E-state index is 14.0. The summed E-state index contributed by atoms with van der Waals surface area (Å²) in [4.78, 5) is 11.5. The van der Waals surface area contributed by atoms with Crippen molar-refractivity contribution in [2.45, 2.75) is 6.92 Å². The third-order valence-corrected chi connectivity index (χ3v) is 3.71. The van der Waals surface area contributed by atoms with E-state index in [2.05, 4.69) is 4.74 Å². The largest absolute Gasteiger partial charge is 0.755 e. The molecule has 0 heterocycles. The van der Waals surface area contributed by atoms with Gasteiger partial charge in [-0.1, -0.05) is 17.7 Å². The van der Waals surface area contributed by atoms with Crippen molar-refractivity contribution in [3.63, 3.8) is 0 Å². The molecule has 0 spiro atoms. The molecule has 22 heavy (non-hydrogen) atoms. The number of ether oxygens (including phenoxy) is 1. The molecule has 0 N–H and O–H groups in total. The van der Waals surface area contributed by atoms with Crippen LogP contribution in [-0.4, -0.2) is 21.8 Å². The zero-order valence-electron chi connectivity index (χ0n) is 11.9. The molecule has 2 rings (SSSR count). The second-order valence-corrected chi connectivity index (χ2v) is 5.30. The summed E-state index contributed by atoms with van der Waals surface area (Å²) in [6.07, 6.45) is 0. The summed E-state index contributed by atoms with van der Waals surface area (Å²) in [5.74, 6) is -1.45. The SMILES string of the molecule is COC(=O)c1ccc(F)c(N(c2ccc(C)cc2)S(=O)[O-])c1. The van der Waals surface area contributed by atoms with Crippen molar-refractivity contribution in [2.24, 2.45) is 0 Å². The highest BCUT2D eigenvalue weighted by molar-refractivity contribution is 7.81. The topological polar surface area (TPSA) is 69.7 Å². The van der Waals surface area contributed by atoms with E-state index in [0.717, 1.165) is 22.0 Å². The predicted molar refractivity (Wildman–Crippen MR) is 80.0 cm³/mol. The Morgan fingerprint density at radius 2 is 1.86 bits per heavy atom. The molecular formula is C15H13FNO4S-. The van der Waals surface area contributed by atoms with Gasteiger partial charge in [-0.3, -0.25) is 8.51 Å². The summed E-state index contributed by atoms with van der Waals surface area (Å²) in [5, 5.41) is 0. The number of carbonyl (C=O) groups excluding carboxylic acids is 1. The standard InChI is InChI=1S/C15H14FNO4S/c1-10-3-6-12(7-4-10)17(22(19)20)14-9-11(15(18)21-2)5-8-13(14)16/h3-9H,1-2H3,(H,19,20)/p-1. The molecule has 116 valence electrons. The van der Waals surface area contributed by atoms with E-state index in [4.69, 9.17) is 0 Å². The fraction of sp³-hybridized carbons (Fsp3) is 0.133. The number of nitrogens with zero attached hydrogens (tertiary/aromatic N) is 1. The summed E-state index contributed by atoms with van der Waals surface area (Å²) >= 11 is -2.75. The lowest BCUT2D eigenvalue weighted by Gasteiger charge is -2.27. The Balaban J connectivity index is 2.55. The lowest BCUT2D eigenvalue weighted by molar-refractivity contribution is 0.0600. The van der Waals surface area contributed by atoms with Crippen molar-refractivity contribution in [1.29, 1.82) is 0 Å². The first-order valence-electron chi connectivity index (χ1n) is 6.28. The second-order valence-electron chi connectivity index (χ2n) is 4.50. The molecule has 0 bridgehead atoms. The van der Waals surface area contributed by atoms with Gasteiger partial charge in [0.05, 0.1) is 35.3 Å². The van der Waals surface area contributed by atoms with Crippen LogP contribution in [0.2, 0.25) is 0 Å². The van der Waals surface area contributed by atoms with E-state index in [1.807, 2.05) is 6.92 Å². The predicted octanol–water partition coefficient (Wildman–Crippen LogP) is 2.85. The second kappa shape index (κ2) is 6.67. The number of hydrogen-bond donors (Lipinski definition) is 0. The molecule has 1 unspecified atom stereocenters. The average Bonchev–Trinajstić information content (AvgIpc) is 2.50. The quantitative estimate of drug-likeness (QED) is 0.641. The summed E-state index contributed by atoms with van der Waals surface area (Å²) in [6, 6.07) is 9.90. The van der Waals surface area contributed by atoms with Crippen LogP contribution in [0.4, 0.5) is 15.8 Å². The van der Waals surface area contributed by atoms with Crippen molar-refractivity contribution in [3.05, 3.63) is 59.4 Å². The maximum atomic E-state index is 14.0. The van der Waals surface area contributed by atoms with E-state index in [9.17, 15) is 17.9 Å². The van der Waals surface area contributed by atoms with Crippen LogP contribution in [0.5, 0.6) is 0 Å². The Hall–Kier alpha value is -2.25. The van der Waals surface area contributed by atoms with E-state index in [1.54, 1.807) is 24.3 Å². The molecule has 0 saturated carbocycles. The van der Waals surface area contributed by atoms with Crippen molar-refractivity contribution in [3.8, 4) is 0 Å². The van der Waals surface area contributed by atoms with Crippen molar-refractivity contribution >= 4 is 28.6 Å². The van der Waals surface area contributed by atoms with E-state index in [1.165, 1.54) is 13.2 Å². The van der Waals surface area contributed by atoms with Crippen LogP contribution in [0.3, 0.4) is 0 Å². The number of methoxy groups -OCH3 is 1. The molecule has 1 atom stereocenters. The molecule has 5 nitrogen and oxygen atoms in total. The molecule has 0 saturated heterocycles. The third-order valence-electron chi connectivity index (χ3n) is 3.00. The maximum Gasteiger partial charge on any atom is 0.337 e. The van der Waals surface area contributed by atoms with Crippen molar-refractivity contribution in [1.82, 2.24) is 0 Å². The van der Waals surface area contributed by atoms with Crippen LogP contribution in [0.15, 0.2) is 42.5 Å². The van der Waals surface area contributed by atoms with E-state index < -0.39 is 23.1 Å². The van der Waals surface area contributed by atoms with Gasteiger partial charge in [-0.05, 0) is 37.3 Å².